The van der Waals surface area contributed by atoms with Crippen molar-refractivity contribution < 1.29 is 9.90 Å². The van der Waals surface area contributed by atoms with Gasteiger partial charge >= 0.3 is 5.97 Å². The molecule has 1 fully saturated rings. The highest BCUT2D eigenvalue weighted by atomic mass is 32.1. The van der Waals surface area contributed by atoms with E-state index < -0.39 is 5.97 Å². The number of hydrogen-bond donors (Lipinski definition) is 1. The van der Waals surface area contributed by atoms with Gasteiger partial charge in [0.1, 0.15) is 0 Å². The van der Waals surface area contributed by atoms with Crippen LogP contribution in [-0.4, -0.2) is 16.1 Å². The van der Waals surface area contributed by atoms with Gasteiger partial charge in [-0.2, -0.15) is 0 Å². The Bertz CT molecular complexity index is 642. The molecule has 0 aliphatic heterocycles. The van der Waals surface area contributed by atoms with E-state index in [2.05, 4.69) is 6.92 Å². The van der Waals surface area contributed by atoms with E-state index in [1.165, 1.54) is 30.7 Å². The van der Waals surface area contributed by atoms with Crippen LogP contribution in [-0.2, 0) is 0 Å². The van der Waals surface area contributed by atoms with Crippen molar-refractivity contribution in [3.8, 4) is 11.3 Å². The van der Waals surface area contributed by atoms with E-state index in [0.717, 1.165) is 17.2 Å². The van der Waals surface area contributed by atoms with Gasteiger partial charge in [-0.05, 0) is 30.9 Å². The average molecular weight is 301 g/mol. The van der Waals surface area contributed by atoms with Crippen LogP contribution in [0.4, 0.5) is 0 Å². The van der Waals surface area contributed by atoms with Crippen molar-refractivity contribution in [1.29, 1.82) is 0 Å². The maximum absolute atomic E-state index is 11.0. The monoisotopic (exact) mass is 301 g/mol. The van der Waals surface area contributed by atoms with Gasteiger partial charge in [0.15, 0.2) is 0 Å². The van der Waals surface area contributed by atoms with Crippen LogP contribution >= 0.6 is 11.3 Å². The molecule has 1 aromatic carbocycles. The second-order valence-corrected chi connectivity index (χ2v) is 6.80. The fraction of sp³-hybridized carbons (Fsp3) is 0.412. The van der Waals surface area contributed by atoms with Gasteiger partial charge in [-0.3, -0.25) is 0 Å². The number of rotatable bonds is 3. The second-order valence-electron chi connectivity index (χ2n) is 5.91. The predicted molar refractivity (Wildman–Crippen MR) is 84.9 cm³/mol. The van der Waals surface area contributed by atoms with Crippen molar-refractivity contribution in [3.63, 3.8) is 0 Å². The van der Waals surface area contributed by atoms with Crippen molar-refractivity contribution >= 4 is 17.3 Å². The molecule has 0 radical (unpaired) electrons. The summed E-state index contributed by atoms with van der Waals surface area (Å²) < 4.78 is 0. The Morgan fingerprint density at radius 2 is 2.05 bits per heavy atom. The molecular weight excluding hydrogens is 282 g/mol. The van der Waals surface area contributed by atoms with Gasteiger partial charge in [-0.15, -0.1) is 11.3 Å². The summed E-state index contributed by atoms with van der Waals surface area (Å²) in [5, 5.41) is 12.3. The zero-order chi connectivity index (χ0) is 14.8. The molecule has 1 aliphatic rings. The lowest BCUT2D eigenvalue weighted by Gasteiger charge is -2.24. The van der Waals surface area contributed by atoms with E-state index in [4.69, 9.17) is 10.1 Å². The van der Waals surface area contributed by atoms with Crippen molar-refractivity contribution in [1.82, 2.24) is 4.98 Å². The van der Waals surface area contributed by atoms with E-state index in [-0.39, 0.29) is 0 Å². The summed E-state index contributed by atoms with van der Waals surface area (Å²) in [6.45, 7) is 2.32. The SMILES string of the molecule is CC1CCC(c2nc(-c3cccc(C(=O)O)c3)cs2)CC1. The lowest BCUT2D eigenvalue weighted by Crippen LogP contribution is -2.10. The van der Waals surface area contributed by atoms with Gasteiger partial charge in [0.05, 0.1) is 16.3 Å². The number of carboxylic acid groups (broad SMARTS) is 1. The Balaban J connectivity index is 1.81. The summed E-state index contributed by atoms with van der Waals surface area (Å²) in [4.78, 5) is 15.8. The van der Waals surface area contributed by atoms with Crippen molar-refractivity contribution in [2.45, 2.75) is 38.5 Å². The van der Waals surface area contributed by atoms with Crippen molar-refractivity contribution in [2.75, 3.05) is 0 Å². The van der Waals surface area contributed by atoms with E-state index in [1.54, 1.807) is 29.5 Å². The number of carbonyl (C=O) groups is 1. The highest BCUT2D eigenvalue weighted by Gasteiger charge is 2.22. The first-order valence-corrected chi connectivity index (χ1v) is 8.30. The van der Waals surface area contributed by atoms with Crippen LogP contribution in [0.5, 0.6) is 0 Å². The molecule has 3 rings (SSSR count). The summed E-state index contributed by atoms with van der Waals surface area (Å²) >= 11 is 1.71. The first kappa shape index (κ1) is 14.3. The number of carboxylic acids is 1. The Morgan fingerprint density at radius 1 is 1.29 bits per heavy atom. The summed E-state index contributed by atoms with van der Waals surface area (Å²) in [6.07, 6.45) is 5.02. The molecule has 0 amide bonds. The second kappa shape index (κ2) is 5.98. The number of aromatic nitrogens is 1. The molecule has 0 unspecified atom stereocenters. The number of aromatic carboxylic acids is 1. The Kier molecular flexibility index (Phi) is 4.06. The number of nitrogens with zero attached hydrogens (tertiary/aromatic N) is 1. The Morgan fingerprint density at radius 3 is 2.76 bits per heavy atom. The largest absolute Gasteiger partial charge is 0.478 e. The molecule has 3 nitrogen and oxygen atoms in total. The molecule has 110 valence electrons. The zero-order valence-corrected chi connectivity index (χ0v) is 12.9. The molecule has 2 aromatic rings. The molecule has 1 saturated carbocycles. The van der Waals surface area contributed by atoms with E-state index in [0.29, 0.717) is 11.5 Å². The lowest BCUT2D eigenvalue weighted by molar-refractivity contribution is 0.0697. The third kappa shape index (κ3) is 3.16. The minimum atomic E-state index is -0.895. The van der Waals surface area contributed by atoms with Crippen LogP contribution in [0.2, 0.25) is 0 Å². The summed E-state index contributed by atoms with van der Waals surface area (Å²) in [5.74, 6) is 0.532. The fourth-order valence-electron chi connectivity index (χ4n) is 2.93. The fourth-order valence-corrected chi connectivity index (χ4v) is 3.93. The lowest BCUT2D eigenvalue weighted by atomic mass is 9.83. The topological polar surface area (TPSA) is 50.2 Å². The average Bonchev–Trinajstić information content (AvgIpc) is 2.98. The third-order valence-electron chi connectivity index (χ3n) is 4.29. The number of thiazole rings is 1. The third-order valence-corrected chi connectivity index (χ3v) is 5.30. The highest BCUT2D eigenvalue weighted by molar-refractivity contribution is 7.10. The minimum absolute atomic E-state index is 0.313. The molecule has 0 bridgehead atoms. The summed E-state index contributed by atoms with van der Waals surface area (Å²) in [5.41, 5.74) is 2.10. The van der Waals surface area contributed by atoms with Crippen LogP contribution in [0.1, 0.15) is 53.9 Å². The molecular formula is C17H19NO2S. The molecule has 1 heterocycles. The predicted octanol–water partition coefficient (Wildman–Crippen LogP) is 4.80. The van der Waals surface area contributed by atoms with Crippen LogP contribution in [0.25, 0.3) is 11.3 Å². The first-order valence-electron chi connectivity index (χ1n) is 7.42. The van der Waals surface area contributed by atoms with E-state index in [1.807, 2.05) is 11.4 Å². The van der Waals surface area contributed by atoms with Gasteiger partial charge in [0.25, 0.3) is 0 Å². The molecule has 1 N–H and O–H groups in total. The van der Waals surface area contributed by atoms with Crippen LogP contribution in [0.3, 0.4) is 0 Å². The van der Waals surface area contributed by atoms with Crippen LogP contribution < -0.4 is 0 Å². The Hall–Kier alpha value is -1.68. The van der Waals surface area contributed by atoms with Crippen molar-refractivity contribution in [3.05, 3.63) is 40.2 Å². The maximum atomic E-state index is 11.0. The minimum Gasteiger partial charge on any atom is -0.478 e. The summed E-state index contributed by atoms with van der Waals surface area (Å²) in [7, 11) is 0. The molecule has 1 aromatic heterocycles. The zero-order valence-electron chi connectivity index (χ0n) is 12.1. The molecule has 0 atom stereocenters. The van der Waals surface area contributed by atoms with E-state index in [9.17, 15) is 4.79 Å². The first-order chi connectivity index (χ1) is 10.1. The van der Waals surface area contributed by atoms with Gasteiger partial charge in [-0.25, -0.2) is 9.78 Å². The van der Waals surface area contributed by atoms with E-state index >= 15 is 0 Å². The number of benzene rings is 1. The quantitative estimate of drug-likeness (QED) is 0.885. The van der Waals surface area contributed by atoms with Gasteiger partial charge in [0.2, 0.25) is 0 Å². The molecule has 1 aliphatic carbocycles. The van der Waals surface area contributed by atoms with Crippen molar-refractivity contribution in [2.24, 2.45) is 5.92 Å². The summed E-state index contributed by atoms with van der Waals surface area (Å²) in [6, 6.07) is 7.01. The maximum Gasteiger partial charge on any atom is 0.335 e. The molecule has 21 heavy (non-hydrogen) atoms. The molecule has 4 heteroatoms. The molecule has 0 saturated heterocycles. The van der Waals surface area contributed by atoms with Gasteiger partial charge in [-0.1, -0.05) is 31.9 Å². The Labute approximate surface area is 128 Å². The smallest absolute Gasteiger partial charge is 0.335 e. The van der Waals surface area contributed by atoms with Crippen LogP contribution in [0, 0.1) is 5.92 Å². The molecule has 0 spiro atoms. The number of hydrogen-bond acceptors (Lipinski definition) is 3. The van der Waals surface area contributed by atoms with Gasteiger partial charge < -0.3 is 5.11 Å². The normalized spacial score (nSPS) is 22.1. The highest BCUT2D eigenvalue weighted by Crippen LogP contribution is 2.38. The van der Waals surface area contributed by atoms with Crippen LogP contribution in [0.15, 0.2) is 29.6 Å². The standard InChI is InChI=1S/C17H19NO2S/c1-11-5-7-12(8-6-11)16-18-15(10-21-16)13-3-2-4-14(9-13)17(19)20/h2-4,9-12H,5-8H2,1H3,(H,19,20). The van der Waals surface area contributed by atoms with Gasteiger partial charge in [0, 0.05) is 16.9 Å².